The molecule has 19 heavy (non-hydrogen) atoms. The van der Waals surface area contributed by atoms with Gasteiger partial charge in [0.1, 0.15) is 0 Å². The number of nitrogens with one attached hydrogen (secondary N) is 2. The van der Waals surface area contributed by atoms with Crippen molar-refractivity contribution in [3.8, 4) is 0 Å². The molecule has 0 aromatic carbocycles. The Morgan fingerprint density at radius 3 is 2.58 bits per heavy atom. The lowest BCUT2D eigenvalue weighted by Crippen LogP contribution is -2.39. The van der Waals surface area contributed by atoms with E-state index < -0.39 is 18.0 Å². The summed E-state index contributed by atoms with van der Waals surface area (Å²) in [5, 5.41) is 5.76. The maximum absolute atomic E-state index is 12.7. The molecule has 0 aromatic rings. The molecule has 1 rings (SSSR count). The van der Waals surface area contributed by atoms with Gasteiger partial charge in [-0.3, -0.25) is 4.79 Å². The fourth-order valence-electron chi connectivity index (χ4n) is 2.57. The van der Waals surface area contributed by atoms with Crippen LogP contribution in [0.5, 0.6) is 0 Å². The topological polar surface area (TPSA) is 41.1 Å². The van der Waals surface area contributed by atoms with Crippen LogP contribution in [0.3, 0.4) is 0 Å². The van der Waals surface area contributed by atoms with Gasteiger partial charge in [-0.15, -0.1) is 0 Å². The van der Waals surface area contributed by atoms with E-state index in [9.17, 15) is 18.0 Å². The van der Waals surface area contributed by atoms with Crippen LogP contribution in [0.25, 0.3) is 0 Å². The van der Waals surface area contributed by atoms with Crippen molar-refractivity contribution in [3.63, 3.8) is 0 Å². The zero-order valence-electron chi connectivity index (χ0n) is 11.5. The monoisotopic (exact) mass is 280 g/mol. The minimum atomic E-state index is -4.17. The Kier molecular flexibility index (Phi) is 6.10. The molecule has 3 atom stereocenters. The molecular formula is C13H23F3N2O. The molecule has 3 unspecified atom stereocenters. The summed E-state index contributed by atoms with van der Waals surface area (Å²) >= 11 is 0. The maximum atomic E-state index is 12.7. The first kappa shape index (κ1) is 16.3. The standard InChI is InChI=1S/C13H23F3N2O/c1-9(7-17-2)8-18-12(19)10-4-3-5-11(6-10)13(14,15)16/h9-11,17H,3-8H2,1-2H3,(H,18,19). The first-order chi connectivity index (χ1) is 8.84. The molecule has 0 aliphatic heterocycles. The van der Waals surface area contributed by atoms with Gasteiger partial charge < -0.3 is 10.6 Å². The van der Waals surface area contributed by atoms with Gasteiger partial charge in [0.15, 0.2) is 0 Å². The highest BCUT2D eigenvalue weighted by molar-refractivity contribution is 5.78. The fourth-order valence-corrected chi connectivity index (χ4v) is 2.57. The predicted molar refractivity (Wildman–Crippen MR) is 67.6 cm³/mol. The molecule has 1 saturated carbocycles. The van der Waals surface area contributed by atoms with Crippen LogP contribution < -0.4 is 10.6 Å². The van der Waals surface area contributed by atoms with Gasteiger partial charge in [0.2, 0.25) is 5.91 Å². The second kappa shape index (κ2) is 7.12. The highest BCUT2D eigenvalue weighted by Gasteiger charge is 2.43. The molecule has 1 aliphatic carbocycles. The molecule has 1 amide bonds. The minimum absolute atomic E-state index is 0.0598. The van der Waals surface area contributed by atoms with Crippen molar-refractivity contribution >= 4 is 5.91 Å². The normalized spacial score (nSPS) is 25.9. The third-order valence-electron chi connectivity index (χ3n) is 3.69. The maximum Gasteiger partial charge on any atom is 0.391 e. The van der Waals surface area contributed by atoms with Crippen molar-refractivity contribution in [1.82, 2.24) is 10.6 Å². The van der Waals surface area contributed by atoms with E-state index in [1.54, 1.807) is 0 Å². The summed E-state index contributed by atoms with van der Waals surface area (Å²) in [5.74, 6) is -1.75. The molecule has 1 aliphatic rings. The van der Waals surface area contributed by atoms with Crippen molar-refractivity contribution in [3.05, 3.63) is 0 Å². The lowest BCUT2D eigenvalue weighted by Gasteiger charge is -2.30. The van der Waals surface area contributed by atoms with E-state index in [2.05, 4.69) is 10.6 Å². The van der Waals surface area contributed by atoms with Gasteiger partial charge in [-0.1, -0.05) is 13.3 Å². The number of hydrogen-bond acceptors (Lipinski definition) is 2. The molecule has 0 saturated heterocycles. The summed E-state index contributed by atoms with van der Waals surface area (Å²) in [6.07, 6.45) is -3.02. The molecule has 0 aromatic heterocycles. The van der Waals surface area contributed by atoms with Gasteiger partial charge in [0, 0.05) is 12.5 Å². The van der Waals surface area contributed by atoms with Crippen LogP contribution in [0.15, 0.2) is 0 Å². The van der Waals surface area contributed by atoms with Gasteiger partial charge in [-0.2, -0.15) is 13.2 Å². The summed E-state index contributed by atoms with van der Waals surface area (Å²) in [6, 6.07) is 0. The number of carbonyl (C=O) groups is 1. The van der Waals surface area contributed by atoms with E-state index in [1.165, 1.54) is 0 Å². The predicted octanol–water partition coefficient (Wildman–Crippen LogP) is 2.33. The Labute approximate surface area is 112 Å². The zero-order chi connectivity index (χ0) is 14.5. The first-order valence-corrected chi connectivity index (χ1v) is 6.83. The van der Waals surface area contributed by atoms with E-state index in [0.717, 1.165) is 6.54 Å². The fraction of sp³-hybridized carbons (Fsp3) is 0.923. The number of rotatable bonds is 5. The molecule has 0 radical (unpaired) electrons. The van der Waals surface area contributed by atoms with Crippen LogP contribution in [-0.2, 0) is 4.79 Å². The molecule has 0 bridgehead atoms. The van der Waals surface area contributed by atoms with E-state index in [0.29, 0.717) is 19.4 Å². The molecule has 3 nitrogen and oxygen atoms in total. The summed E-state index contributed by atoms with van der Waals surface area (Å²) in [5.41, 5.74) is 0. The van der Waals surface area contributed by atoms with Crippen LogP contribution in [0.2, 0.25) is 0 Å². The Bertz CT molecular complexity index is 294. The van der Waals surface area contributed by atoms with E-state index in [1.807, 2.05) is 14.0 Å². The molecule has 112 valence electrons. The smallest absolute Gasteiger partial charge is 0.356 e. The second-order valence-corrected chi connectivity index (χ2v) is 5.51. The van der Waals surface area contributed by atoms with Gasteiger partial charge >= 0.3 is 6.18 Å². The van der Waals surface area contributed by atoms with E-state index >= 15 is 0 Å². The van der Waals surface area contributed by atoms with Gasteiger partial charge in [0.05, 0.1) is 5.92 Å². The molecule has 6 heteroatoms. The first-order valence-electron chi connectivity index (χ1n) is 6.83. The highest BCUT2D eigenvalue weighted by Crippen LogP contribution is 2.39. The van der Waals surface area contributed by atoms with Gasteiger partial charge in [0.25, 0.3) is 0 Å². The molecule has 1 fully saturated rings. The highest BCUT2D eigenvalue weighted by atomic mass is 19.4. The average Bonchev–Trinajstić information content (AvgIpc) is 2.35. The van der Waals surface area contributed by atoms with E-state index in [-0.39, 0.29) is 24.7 Å². The second-order valence-electron chi connectivity index (χ2n) is 5.51. The van der Waals surface area contributed by atoms with E-state index in [4.69, 9.17) is 0 Å². The largest absolute Gasteiger partial charge is 0.391 e. The van der Waals surface area contributed by atoms with Crippen molar-refractivity contribution in [2.45, 2.75) is 38.8 Å². The Balaban J connectivity index is 2.40. The minimum Gasteiger partial charge on any atom is -0.356 e. The number of carbonyl (C=O) groups excluding carboxylic acids is 1. The van der Waals surface area contributed by atoms with Gasteiger partial charge in [-0.25, -0.2) is 0 Å². The lowest BCUT2D eigenvalue weighted by atomic mass is 9.80. The third-order valence-corrected chi connectivity index (χ3v) is 3.69. The van der Waals surface area contributed by atoms with Gasteiger partial charge in [-0.05, 0) is 38.8 Å². The van der Waals surface area contributed by atoms with Crippen molar-refractivity contribution in [1.29, 1.82) is 0 Å². The number of halogens is 3. The van der Waals surface area contributed by atoms with Crippen molar-refractivity contribution in [2.24, 2.45) is 17.8 Å². The van der Waals surface area contributed by atoms with Crippen LogP contribution in [0.1, 0.15) is 32.6 Å². The third kappa shape index (κ3) is 5.38. The lowest BCUT2D eigenvalue weighted by molar-refractivity contribution is -0.186. The molecule has 2 N–H and O–H groups in total. The van der Waals surface area contributed by atoms with Crippen LogP contribution >= 0.6 is 0 Å². The average molecular weight is 280 g/mol. The van der Waals surface area contributed by atoms with Crippen molar-refractivity contribution < 1.29 is 18.0 Å². The Morgan fingerprint density at radius 1 is 1.32 bits per heavy atom. The zero-order valence-corrected chi connectivity index (χ0v) is 11.5. The number of hydrogen-bond donors (Lipinski definition) is 2. The quantitative estimate of drug-likeness (QED) is 0.811. The van der Waals surface area contributed by atoms with Crippen LogP contribution in [0.4, 0.5) is 13.2 Å². The molecule has 0 heterocycles. The van der Waals surface area contributed by atoms with Crippen molar-refractivity contribution in [2.75, 3.05) is 20.1 Å². The summed E-state index contributed by atoms with van der Waals surface area (Å²) in [7, 11) is 1.83. The SMILES string of the molecule is CNCC(C)CNC(=O)C1CCCC(C(F)(F)F)C1. The number of amides is 1. The molecular weight excluding hydrogens is 257 g/mol. The Hall–Kier alpha value is -0.780. The summed E-state index contributed by atoms with van der Waals surface area (Å²) < 4.78 is 38.0. The van der Waals surface area contributed by atoms with Crippen LogP contribution in [-0.4, -0.2) is 32.2 Å². The summed E-state index contributed by atoms with van der Waals surface area (Å²) in [6.45, 7) is 3.26. The number of alkyl halides is 3. The Morgan fingerprint density at radius 2 is 2.00 bits per heavy atom. The van der Waals surface area contributed by atoms with Crippen LogP contribution in [0, 0.1) is 17.8 Å². The summed E-state index contributed by atoms with van der Waals surface area (Å²) in [4.78, 5) is 11.9. The molecule has 0 spiro atoms.